The van der Waals surface area contributed by atoms with Crippen LogP contribution in [0.2, 0.25) is 0 Å². The molecule has 0 atom stereocenters. The minimum atomic E-state index is -0.428. The third-order valence-corrected chi connectivity index (χ3v) is 9.84. The van der Waals surface area contributed by atoms with Gasteiger partial charge in [-0.15, -0.1) is 11.8 Å². The average Bonchev–Trinajstić information content (AvgIpc) is 3.17. The predicted octanol–water partition coefficient (Wildman–Crippen LogP) is 12.0. The Bertz CT molecular complexity index is 1640. The zero-order chi connectivity index (χ0) is 35.8. The van der Waals surface area contributed by atoms with Crippen LogP contribution >= 0.6 is 23.8 Å². The van der Waals surface area contributed by atoms with Gasteiger partial charge in [-0.25, -0.2) is 9.68 Å². The first-order valence-corrected chi connectivity index (χ1v) is 19.8. The van der Waals surface area contributed by atoms with Gasteiger partial charge in [0.15, 0.2) is 0 Å². The van der Waals surface area contributed by atoms with Gasteiger partial charge in [0.25, 0.3) is 0 Å². The molecule has 0 bridgehead atoms. The van der Waals surface area contributed by atoms with Crippen LogP contribution in [-0.4, -0.2) is 32.0 Å². The van der Waals surface area contributed by atoms with Gasteiger partial charge in [0.05, 0.1) is 32.4 Å². The Morgan fingerprint density at radius 3 is 1.96 bits per heavy atom. The smallest absolute Gasteiger partial charge is 0.347 e. The lowest BCUT2D eigenvalue weighted by atomic mass is 10.1. The van der Waals surface area contributed by atoms with Crippen LogP contribution in [0.1, 0.15) is 87.8 Å². The molecule has 4 aromatic rings. The highest BCUT2D eigenvalue weighted by Gasteiger charge is 2.14. The van der Waals surface area contributed by atoms with Crippen molar-refractivity contribution in [1.82, 2.24) is 0 Å². The van der Waals surface area contributed by atoms with Gasteiger partial charge < -0.3 is 9.47 Å². The van der Waals surface area contributed by atoms with E-state index < -0.39 is 5.97 Å². The summed E-state index contributed by atoms with van der Waals surface area (Å²) in [5.41, 5.74) is 5.14. The van der Waals surface area contributed by atoms with Gasteiger partial charge in [0, 0.05) is 16.0 Å². The number of carbonyl (C=O) groups is 1. The largest absolute Gasteiger partial charge is 0.494 e. The zero-order valence-corrected chi connectivity index (χ0v) is 31.6. The summed E-state index contributed by atoms with van der Waals surface area (Å²) < 4.78 is 16.4. The van der Waals surface area contributed by atoms with Gasteiger partial charge in [-0.05, 0) is 96.3 Å². The SMILES string of the molecule is CCCCCCOc1ccc(C#Cc2ccc(C=C(SOOC)C(=O)OCCCCCCCCSc3ccc(-c4ccccc4)cc3)cc2)cc1. The zero-order valence-electron chi connectivity index (χ0n) is 29.9. The first-order chi connectivity index (χ1) is 25.1. The molecule has 268 valence electrons. The van der Waals surface area contributed by atoms with Crippen molar-refractivity contribution >= 4 is 35.8 Å². The van der Waals surface area contributed by atoms with Gasteiger partial charge in [0.1, 0.15) is 10.7 Å². The molecule has 0 fully saturated rings. The molecule has 4 aromatic carbocycles. The molecule has 0 heterocycles. The summed E-state index contributed by atoms with van der Waals surface area (Å²) in [5.74, 6) is 7.97. The van der Waals surface area contributed by atoms with E-state index in [2.05, 4.69) is 67.3 Å². The maximum atomic E-state index is 12.8. The maximum absolute atomic E-state index is 12.8. The molecule has 0 saturated heterocycles. The van der Waals surface area contributed by atoms with E-state index in [0.29, 0.717) is 11.5 Å². The monoisotopic (exact) mass is 722 g/mol. The Labute approximate surface area is 313 Å². The second-order valence-electron chi connectivity index (χ2n) is 12.1. The number of ether oxygens (including phenoxy) is 2. The second-order valence-corrected chi connectivity index (χ2v) is 14.0. The van der Waals surface area contributed by atoms with Crippen molar-refractivity contribution in [2.75, 3.05) is 26.1 Å². The van der Waals surface area contributed by atoms with Crippen molar-refractivity contribution in [1.29, 1.82) is 0 Å². The second kappa shape index (κ2) is 24.3. The summed E-state index contributed by atoms with van der Waals surface area (Å²) in [5, 5.41) is 0. The molecule has 0 radical (unpaired) electrons. The highest BCUT2D eigenvalue weighted by molar-refractivity contribution is 7.99. The third kappa shape index (κ3) is 15.9. The summed E-state index contributed by atoms with van der Waals surface area (Å²) in [6.07, 6.45) is 13.1. The molecular weight excluding hydrogens is 673 g/mol. The van der Waals surface area contributed by atoms with Crippen LogP contribution in [0.4, 0.5) is 0 Å². The fourth-order valence-corrected chi connectivity index (χ4v) is 6.58. The number of hydrogen-bond acceptors (Lipinski definition) is 7. The van der Waals surface area contributed by atoms with E-state index in [9.17, 15) is 4.79 Å². The number of benzene rings is 4. The van der Waals surface area contributed by atoms with Crippen LogP contribution in [0.15, 0.2) is 113 Å². The molecule has 0 amide bonds. The summed E-state index contributed by atoms with van der Waals surface area (Å²) in [4.78, 5) is 19.2. The topological polar surface area (TPSA) is 54.0 Å². The van der Waals surface area contributed by atoms with Crippen molar-refractivity contribution in [3.05, 3.63) is 125 Å². The lowest BCUT2D eigenvalue weighted by Crippen LogP contribution is -2.07. The van der Waals surface area contributed by atoms with Crippen molar-refractivity contribution in [3.63, 3.8) is 0 Å². The van der Waals surface area contributed by atoms with E-state index in [0.717, 1.165) is 72.5 Å². The van der Waals surface area contributed by atoms with E-state index in [1.807, 2.05) is 66.4 Å². The van der Waals surface area contributed by atoms with Crippen LogP contribution in [0.25, 0.3) is 17.2 Å². The lowest BCUT2D eigenvalue weighted by Gasteiger charge is -2.08. The van der Waals surface area contributed by atoms with E-state index in [1.165, 1.54) is 61.7 Å². The van der Waals surface area contributed by atoms with Crippen LogP contribution in [0.3, 0.4) is 0 Å². The van der Waals surface area contributed by atoms with Crippen LogP contribution in [-0.2, 0) is 18.8 Å². The number of hydrogen-bond donors (Lipinski definition) is 0. The van der Waals surface area contributed by atoms with Gasteiger partial charge in [-0.1, -0.05) is 118 Å². The molecule has 0 unspecified atom stereocenters. The van der Waals surface area contributed by atoms with Crippen molar-refractivity contribution in [3.8, 4) is 28.7 Å². The lowest BCUT2D eigenvalue weighted by molar-refractivity contribution is -0.160. The van der Waals surface area contributed by atoms with Crippen molar-refractivity contribution in [2.45, 2.75) is 76.0 Å². The summed E-state index contributed by atoms with van der Waals surface area (Å²) in [6, 6.07) is 34.9. The van der Waals surface area contributed by atoms with Crippen molar-refractivity contribution < 1.29 is 23.5 Å². The highest BCUT2D eigenvalue weighted by Crippen LogP contribution is 2.26. The van der Waals surface area contributed by atoms with Crippen LogP contribution in [0, 0.1) is 11.8 Å². The molecule has 7 heteroatoms. The highest BCUT2D eigenvalue weighted by atomic mass is 32.2. The number of rotatable bonds is 22. The van der Waals surface area contributed by atoms with Gasteiger partial charge in [0.2, 0.25) is 0 Å². The number of thioether (sulfide) groups is 1. The normalized spacial score (nSPS) is 11.1. The first kappa shape index (κ1) is 39.8. The summed E-state index contributed by atoms with van der Waals surface area (Å²) >= 11 is 2.77. The number of unbranched alkanes of at least 4 members (excludes halogenated alkanes) is 8. The summed E-state index contributed by atoms with van der Waals surface area (Å²) in [6.45, 7) is 3.33. The Morgan fingerprint density at radius 1 is 0.667 bits per heavy atom. The Morgan fingerprint density at radius 2 is 1.27 bits per heavy atom. The minimum absolute atomic E-state index is 0.315. The molecule has 5 nitrogen and oxygen atoms in total. The van der Waals surface area contributed by atoms with E-state index in [1.54, 1.807) is 6.08 Å². The molecule has 0 aliphatic heterocycles. The number of esters is 1. The molecule has 0 N–H and O–H groups in total. The van der Waals surface area contributed by atoms with E-state index in [-0.39, 0.29) is 0 Å². The summed E-state index contributed by atoms with van der Waals surface area (Å²) in [7, 11) is 1.40. The van der Waals surface area contributed by atoms with Crippen LogP contribution < -0.4 is 4.74 Å². The molecule has 0 saturated carbocycles. The molecular formula is C44H50O5S2. The van der Waals surface area contributed by atoms with Gasteiger partial charge in [-0.3, -0.25) is 0 Å². The van der Waals surface area contributed by atoms with Gasteiger partial charge in [-0.2, -0.15) is 4.33 Å². The predicted molar refractivity (Wildman–Crippen MR) is 213 cm³/mol. The Balaban J connectivity index is 1.11. The average molecular weight is 723 g/mol. The Kier molecular flexibility index (Phi) is 19.0. The standard InChI is InChI=1S/C44H50O5S2/c1-3-4-5-13-32-47-41-28-24-37(25-29-41)19-18-36-20-22-38(23-21-36)35-43(51-49-46-2)44(45)48-33-14-8-6-7-9-15-34-50-42-30-26-40(27-31-42)39-16-11-10-12-17-39/h10-12,16-17,20-31,35H,3-9,13-15,32-34H2,1-2H3. The molecule has 0 aromatic heterocycles. The van der Waals surface area contributed by atoms with Crippen molar-refractivity contribution in [2.24, 2.45) is 0 Å². The van der Waals surface area contributed by atoms with E-state index in [4.69, 9.17) is 18.7 Å². The quantitative estimate of drug-likeness (QED) is 0.0117. The molecule has 4 rings (SSSR count). The molecule has 0 spiro atoms. The Hall–Kier alpha value is -3.93. The molecule has 51 heavy (non-hydrogen) atoms. The maximum Gasteiger partial charge on any atom is 0.347 e. The fourth-order valence-electron chi connectivity index (χ4n) is 5.21. The molecule has 0 aliphatic carbocycles. The molecule has 0 aliphatic rings. The van der Waals surface area contributed by atoms with Gasteiger partial charge >= 0.3 is 5.97 Å². The first-order valence-electron chi connectivity index (χ1n) is 18.0. The fraction of sp³-hybridized carbons (Fsp3) is 0.341. The van der Waals surface area contributed by atoms with E-state index >= 15 is 0 Å². The third-order valence-electron chi connectivity index (χ3n) is 8.08. The number of carbonyl (C=O) groups excluding carboxylic acids is 1. The minimum Gasteiger partial charge on any atom is -0.494 e. The van der Waals surface area contributed by atoms with Crippen LogP contribution in [0.5, 0.6) is 5.75 Å².